The van der Waals surface area contributed by atoms with E-state index in [9.17, 15) is 10.1 Å². The minimum Gasteiger partial charge on any atom is -0.379 e. The van der Waals surface area contributed by atoms with Gasteiger partial charge in [0, 0.05) is 42.2 Å². The summed E-state index contributed by atoms with van der Waals surface area (Å²) in [7, 11) is 0. The summed E-state index contributed by atoms with van der Waals surface area (Å²) in [5.41, 5.74) is 4.49. The van der Waals surface area contributed by atoms with E-state index in [1.165, 1.54) is 4.88 Å². The van der Waals surface area contributed by atoms with Crippen molar-refractivity contribution in [3.05, 3.63) is 63.0 Å². The van der Waals surface area contributed by atoms with Crippen molar-refractivity contribution in [3.63, 3.8) is 0 Å². The molecule has 1 fully saturated rings. The fourth-order valence-electron chi connectivity index (χ4n) is 4.65. The van der Waals surface area contributed by atoms with Crippen LogP contribution in [0.1, 0.15) is 51.2 Å². The molecule has 1 saturated heterocycles. The first-order chi connectivity index (χ1) is 17.5. The molecule has 10 heteroatoms. The number of benzene rings is 1. The van der Waals surface area contributed by atoms with Crippen LogP contribution in [-0.2, 0) is 9.53 Å². The van der Waals surface area contributed by atoms with Gasteiger partial charge in [-0.05, 0) is 38.5 Å². The number of amides is 1. The van der Waals surface area contributed by atoms with Crippen LogP contribution in [0.15, 0.2) is 29.3 Å². The zero-order valence-electron chi connectivity index (χ0n) is 20.7. The minimum atomic E-state index is -0.487. The van der Waals surface area contributed by atoms with E-state index < -0.39 is 6.04 Å². The van der Waals surface area contributed by atoms with Gasteiger partial charge in [-0.15, -0.1) is 21.5 Å². The molecule has 0 unspecified atom stereocenters. The number of rotatable bonds is 6. The van der Waals surface area contributed by atoms with Crippen LogP contribution in [0.25, 0.3) is 5.00 Å². The van der Waals surface area contributed by atoms with Gasteiger partial charge < -0.3 is 10.1 Å². The Hall–Kier alpha value is -3.39. The number of fused-ring (bicyclic) bond motifs is 3. The molecule has 2 aliphatic heterocycles. The van der Waals surface area contributed by atoms with Gasteiger partial charge in [0.2, 0.25) is 5.91 Å². The predicted octanol–water partition coefficient (Wildman–Crippen LogP) is 2.86. The minimum absolute atomic E-state index is 0.0680. The molecule has 0 spiro atoms. The quantitative estimate of drug-likeness (QED) is 0.554. The largest absolute Gasteiger partial charge is 0.379 e. The molecule has 1 aromatic carbocycles. The zero-order chi connectivity index (χ0) is 25.2. The molecule has 0 bridgehead atoms. The molecule has 0 aliphatic carbocycles. The number of nitrogens with zero attached hydrogens (tertiary/aromatic N) is 6. The maximum absolute atomic E-state index is 13.0. The smallest absolute Gasteiger partial charge is 0.222 e. The molecule has 2 aromatic heterocycles. The van der Waals surface area contributed by atoms with Crippen molar-refractivity contribution >= 4 is 23.0 Å². The van der Waals surface area contributed by atoms with Gasteiger partial charge >= 0.3 is 0 Å². The Morgan fingerprint density at radius 3 is 2.67 bits per heavy atom. The van der Waals surface area contributed by atoms with Crippen LogP contribution < -0.4 is 5.32 Å². The van der Waals surface area contributed by atoms with Gasteiger partial charge in [0.05, 0.1) is 37.0 Å². The third-order valence-electron chi connectivity index (χ3n) is 6.76. The molecule has 3 aromatic rings. The summed E-state index contributed by atoms with van der Waals surface area (Å²) < 4.78 is 7.44. The second kappa shape index (κ2) is 10.3. The van der Waals surface area contributed by atoms with Gasteiger partial charge in [-0.1, -0.05) is 12.1 Å². The van der Waals surface area contributed by atoms with E-state index in [1.807, 2.05) is 23.6 Å². The van der Waals surface area contributed by atoms with Crippen molar-refractivity contribution in [2.75, 3.05) is 39.4 Å². The number of nitriles is 1. The van der Waals surface area contributed by atoms with Crippen LogP contribution in [-0.4, -0.2) is 70.7 Å². The molecule has 36 heavy (non-hydrogen) atoms. The first-order valence-corrected chi connectivity index (χ1v) is 13.0. The van der Waals surface area contributed by atoms with Crippen LogP contribution in [0.2, 0.25) is 0 Å². The number of morpholine rings is 1. The highest BCUT2D eigenvalue weighted by Crippen LogP contribution is 2.39. The van der Waals surface area contributed by atoms with Crippen LogP contribution in [0, 0.1) is 32.1 Å². The molecular formula is C26H29N7O2S. The van der Waals surface area contributed by atoms with Crippen LogP contribution in [0.5, 0.6) is 0 Å². The number of aliphatic imine (C=N–C) groups is 1. The number of aryl methyl sites for hydroxylation is 2. The lowest BCUT2D eigenvalue weighted by molar-refractivity contribution is -0.121. The van der Waals surface area contributed by atoms with E-state index >= 15 is 0 Å². The SMILES string of the molecule is Cc1sc2c(c1C)C(c1ccc(C#N)cc1)=N[C@@H](CC(=O)NCCN1CCOCC1)c1nnc(C)n1-2. The Balaban J connectivity index is 1.47. The van der Waals surface area contributed by atoms with Crippen molar-refractivity contribution in [1.29, 1.82) is 5.26 Å². The topological polar surface area (TPSA) is 108 Å². The number of nitrogens with one attached hydrogen (secondary N) is 1. The Bertz CT molecular complexity index is 1340. The van der Waals surface area contributed by atoms with Gasteiger partial charge in [0.25, 0.3) is 0 Å². The molecule has 1 N–H and O–H groups in total. The van der Waals surface area contributed by atoms with E-state index in [0.29, 0.717) is 17.9 Å². The normalized spacial score (nSPS) is 17.5. The van der Waals surface area contributed by atoms with Gasteiger partial charge in [0.1, 0.15) is 16.9 Å². The second-order valence-corrected chi connectivity index (χ2v) is 10.3. The maximum atomic E-state index is 13.0. The number of thiophene rings is 1. The van der Waals surface area contributed by atoms with Crippen LogP contribution >= 0.6 is 11.3 Å². The number of ether oxygens (including phenoxy) is 1. The number of aromatic nitrogens is 3. The highest BCUT2D eigenvalue weighted by molar-refractivity contribution is 7.15. The molecule has 2 aliphatic rings. The van der Waals surface area contributed by atoms with Gasteiger partial charge in [-0.25, -0.2) is 0 Å². The molecular weight excluding hydrogens is 474 g/mol. The number of carbonyl (C=O) groups excluding carboxylic acids is 1. The summed E-state index contributed by atoms with van der Waals surface area (Å²) in [5, 5.41) is 22.1. The standard InChI is InChI=1S/C26H29N7O2S/c1-16-17(2)36-26-23(16)24(20-6-4-19(15-27)5-7-20)29-21(25-31-30-18(3)33(25)26)14-22(34)28-8-9-32-10-12-35-13-11-32/h4-7,21H,8-14H2,1-3H3,(H,28,34)/t21-/m0/s1. The zero-order valence-corrected chi connectivity index (χ0v) is 21.6. The summed E-state index contributed by atoms with van der Waals surface area (Å²) in [4.78, 5) is 21.7. The molecule has 186 valence electrons. The highest BCUT2D eigenvalue weighted by atomic mass is 32.1. The number of hydrogen-bond donors (Lipinski definition) is 1. The third kappa shape index (κ3) is 4.69. The lowest BCUT2D eigenvalue weighted by atomic mass is 9.99. The average molecular weight is 504 g/mol. The van der Waals surface area contributed by atoms with Crippen molar-refractivity contribution in [3.8, 4) is 11.1 Å². The Labute approximate surface area is 214 Å². The number of hydrogen-bond acceptors (Lipinski definition) is 8. The Kier molecular flexibility index (Phi) is 6.96. The molecule has 5 rings (SSSR count). The Morgan fingerprint density at radius 1 is 1.19 bits per heavy atom. The maximum Gasteiger partial charge on any atom is 0.222 e. The van der Waals surface area contributed by atoms with Crippen molar-refractivity contribution in [2.24, 2.45) is 4.99 Å². The second-order valence-electron chi connectivity index (χ2n) is 9.09. The monoisotopic (exact) mass is 503 g/mol. The lowest BCUT2D eigenvalue weighted by Gasteiger charge is -2.26. The van der Waals surface area contributed by atoms with E-state index in [-0.39, 0.29) is 12.3 Å². The summed E-state index contributed by atoms with van der Waals surface area (Å²) in [6.45, 7) is 10.8. The molecule has 0 radical (unpaired) electrons. The molecule has 0 saturated carbocycles. The lowest BCUT2D eigenvalue weighted by Crippen LogP contribution is -2.41. The van der Waals surface area contributed by atoms with Crippen molar-refractivity contribution < 1.29 is 9.53 Å². The first-order valence-electron chi connectivity index (χ1n) is 12.1. The fraction of sp³-hybridized carbons (Fsp3) is 0.423. The average Bonchev–Trinajstić information content (AvgIpc) is 3.37. The van der Waals surface area contributed by atoms with Crippen LogP contribution in [0.4, 0.5) is 0 Å². The predicted molar refractivity (Wildman–Crippen MR) is 138 cm³/mol. The number of carbonyl (C=O) groups is 1. The van der Waals surface area contributed by atoms with Crippen molar-refractivity contribution in [2.45, 2.75) is 33.2 Å². The van der Waals surface area contributed by atoms with Crippen LogP contribution in [0.3, 0.4) is 0 Å². The van der Waals surface area contributed by atoms with Gasteiger partial charge in [-0.3, -0.25) is 19.3 Å². The summed E-state index contributed by atoms with van der Waals surface area (Å²) in [6.07, 6.45) is 0.175. The van der Waals surface area contributed by atoms with E-state index in [0.717, 1.165) is 66.1 Å². The summed E-state index contributed by atoms with van der Waals surface area (Å²) in [5.74, 6) is 1.37. The molecule has 4 heterocycles. The molecule has 1 atom stereocenters. The van der Waals surface area contributed by atoms with E-state index in [4.69, 9.17) is 9.73 Å². The highest BCUT2D eigenvalue weighted by Gasteiger charge is 2.32. The third-order valence-corrected chi connectivity index (χ3v) is 7.95. The fourth-order valence-corrected chi connectivity index (χ4v) is 5.87. The van der Waals surface area contributed by atoms with Gasteiger partial charge in [0.15, 0.2) is 5.82 Å². The van der Waals surface area contributed by atoms with E-state index in [2.05, 4.69) is 40.3 Å². The Morgan fingerprint density at radius 2 is 1.94 bits per heavy atom. The van der Waals surface area contributed by atoms with Crippen molar-refractivity contribution in [1.82, 2.24) is 25.0 Å². The van der Waals surface area contributed by atoms with E-state index in [1.54, 1.807) is 23.5 Å². The first kappa shape index (κ1) is 24.3. The van der Waals surface area contributed by atoms with Gasteiger partial charge in [-0.2, -0.15) is 5.26 Å². The molecule has 1 amide bonds. The summed E-state index contributed by atoms with van der Waals surface area (Å²) in [6, 6.07) is 9.14. The summed E-state index contributed by atoms with van der Waals surface area (Å²) >= 11 is 1.68. The molecule has 9 nitrogen and oxygen atoms in total.